The molecule has 0 radical (unpaired) electrons. The van der Waals surface area contributed by atoms with Gasteiger partial charge in [-0.05, 0) is 20.3 Å². The van der Waals surface area contributed by atoms with Crippen molar-refractivity contribution in [2.45, 2.75) is 45.6 Å². The summed E-state index contributed by atoms with van der Waals surface area (Å²) >= 11 is 0. The first-order chi connectivity index (χ1) is 8.23. The molecule has 0 fully saturated rings. The highest BCUT2D eigenvalue weighted by Crippen LogP contribution is 2.12. The number of rotatable bonds is 7. The zero-order valence-corrected chi connectivity index (χ0v) is 11.1. The smallest absolute Gasteiger partial charge is 0.231 e. The Morgan fingerprint density at radius 3 is 2.33 bits per heavy atom. The van der Waals surface area contributed by atoms with Crippen LogP contribution in [0.4, 0.5) is 0 Å². The van der Waals surface area contributed by atoms with Crippen molar-refractivity contribution >= 4 is 17.6 Å². The number of amidine groups is 1. The number of carbonyl (C=O) groups is 2. The van der Waals surface area contributed by atoms with E-state index in [-0.39, 0.29) is 18.2 Å². The quantitative estimate of drug-likeness (QED) is 0.220. The lowest BCUT2D eigenvalue weighted by atomic mass is 9.96. The minimum absolute atomic E-state index is 0.0216. The molecule has 0 bridgehead atoms. The van der Waals surface area contributed by atoms with Crippen molar-refractivity contribution in [1.82, 2.24) is 5.32 Å². The van der Waals surface area contributed by atoms with Gasteiger partial charge < -0.3 is 22.0 Å². The van der Waals surface area contributed by atoms with Crippen LogP contribution in [0.25, 0.3) is 0 Å². The number of oxime groups is 1. The van der Waals surface area contributed by atoms with E-state index in [9.17, 15) is 9.59 Å². The van der Waals surface area contributed by atoms with Crippen LogP contribution in [-0.2, 0) is 9.59 Å². The van der Waals surface area contributed by atoms with E-state index in [0.29, 0.717) is 12.8 Å². The molecule has 0 aliphatic carbocycles. The van der Waals surface area contributed by atoms with Gasteiger partial charge in [0.05, 0.1) is 5.92 Å². The lowest BCUT2D eigenvalue weighted by molar-refractivity contribution is -0.125. The van der Waals surface area contributed by atoms with E-state index < -0.39 is 17.4 Å². The van der Waals surface area contributed by atoms with Gasteiger partial charge in [-0.3, -0.25) is 9.59 Å². The molecule has 0 saturated heterocycles. The fourth-order valence-corrected chi connectivity index (χ4v) is 1.67. The summed E-state index contributed by atoms with van der Waals surface area (Å²) in [4.78, 5) is 22.9. The maximum absolute atomic E-state index is 12.0. The number of hydrogen-bond acceptors (Lipinski definition) is 4. The molecule has 0 aromatic heterocycles. The van der Waals surface area contributed by atoms with E-state index >= 15 is 0 Å². The standard InChI is InChI=1S/C11H22N4O3/c1-4-5-7(9(13)15-18)10(17)14-11(2,3)6-8(12)16/h7,18H,4-6H2,1-3H3,(H2,12,16)(H2,13,15)(H,14,17). The van der Waals surface area contributed by atoms with E-state index in [1.807, 2.05) is 6.92 Å². The van der Waals surface area contributed by atoms with Gasteiger partial charge >= 0.3 is 0 Å². The molecule has 0 aromatic rings. The number of hydrogen-bond donors (Lipinski definition) is 4. The van der Waals surface area contributed by atoms with Gasteiger partial charge in [0.15, 0.2) is 5.84 Å². The highest BCUT2D eigenvalue weighted by molar-refractivity contribution is 6.02. The first kappa shape index (κ1) is 16.2. The number of primary amides is 1. The second-order valence-electron chi connectivity index (χ2n) is 4.88. The summed E-state index contributed by atoms with van der Waals surface area (Å²) in [5.74, 6) is -1.72. The van der Waals surface area contributed by atoms with Crippen molar-refractivity contribution in [3.63, 3.8) is 0 Å². The number of nitrogens with two attached hydrogens (primary N) is 2. The van der Waals surface area contributed by atoms with Crippen LogP contribution in [0.15, 0.2) is 5.16 Å². The van der Waals surface area contributed by atoms with Crippen molar-refractivity contribution in [2.24, 2.45) is 22.5 Å². The van der Waals surface area contributed by atoms with Crippen molar-refractivity contribution in [2.75, 3.05) is 0 Å². The topological polar surface area (TPSA) is 131 Å². The number of carbonyl (C=O) groups excluding carboxylic acids is 2. The monoisotopic (exact) mass is 258 g/mol. The molecule has 0 spiro atoms. The summed E-state index contributed by atoms with van der Waals surface area (Å²) in [5, 5.41) is 14.2. The molecule has 7 nitrogen and oxygen atoms in total. The van der Waals surface area contributed by atoms with Gasteiger partial charge in [-0.25, -0.2) is 0 Å². The zero-order valence-electron chi connectivity index (χ0n) is 11.1. The van der Waals surface area contributed by atoms with E-state index in [0.717, 1.165) is 0 Å². The third-order valence-electron chi connectivity index (χ3n) is 2.44. The summed E-state index contributed by atoms with van der Waals surface area (Å²) in [6.07, 6.45) is 1.20. The van der Waals surface area contributed by atoms with Crippen LogP contribution in [0.2, 0.25) is 0 Å². The minimum Gasteiger partial charge on any atom is -0.409 e. The van der Waals surface area contributed by atoms with Crippen molar-refractivity contribution < 1.29 is 14.8 Å². The maximum atomic E-state index is 12.0. The molecule has 7 heteroatoms. The molecule has 1 atom stereocenters. The summed E-state index contributed by atoms with van der Waals surface area (Å²) < 4.78 is 0. The van der Waals surface area contributed by atoms with Crippen LogP contribution in [0.5, 0.6) is 0 Å². The molecule has 0 aromatic carbocycles. The highest BCUT2D eigenvalue weighted by Gasteiger charge is 2.29. The summed E-state index contributed by atoms with van der Waals surface area (Å²) in [6.45, 7) is 5.26. The Balaban J connectivity index is 4.74. The van der Waals surface area contributed by atoms with Crippen molar-refractivity contribution in [3.8, 4) is 0 Å². The number of amides is 2. The molecule has 104 valence electrons. The summed E-state index contributed by atoms with van der Waals surface area (Å²) in [7, 11) is 0. The van der Waals surface area contributed by atoms with Crippen LogP contribution in [0.3, 0.4) is 0 Å². The van der Waals surface area contributed by atoms with Gasteiger partial charge in [0.2, 0.25) is 11.8 Å². The zero-order chi connectivity index (χ0) is 14.3. The molecule has 6 N–H and O–H groups in total. The fourth-order valence-electron chi connectivity index (χ4n) is 1.67. The van der Waals surface area contributed by atoms with Gasteiger partial charge in [0.25, 0.3) is 0 Å². The van der Waals surface area contributed by atoms with E-state index in [4.69, 9.17) is 16.7 Å². The van der Waals surface area contributed by atoms with Gasteiger partial charge in [0.1, 0.15) is 0 Å². The second-order valence-corrected chi connectivity index (χ2v) is 4.88. The predicted molar refractivity (Wildman–Crippen MR) is 67.8 cm³/mol. The SMILES string of the molecule is CCCC(C(=O)NC(C)(C)CC(N)=O)C(N)=NO. The van der Waals surface area contributed by atoms with Gasteiger partial charge in [-0.15, -0.1) is 0 Å². The third-order valence-corrected chi connectivity index (χ3v) is 2.44. The fraction of sp³-hybridized carbons (Fsp3) is 0.727. The van der Waals surface area contributed by atoms with Crippen molar-refractivity contribution in [1.29, 1.82) is 0 Å². The van der Waals surface area contributed by atoms with Crippen LogP contribution in [0.1, 0.15) is 40.0 Å². The lowest BCUT2D eigenvalue weighted by Crippen LogP contribution is -2.50. The first-order valence-corrected chi connectivity index (χ1v) is 5.81. The molecule has 0 aliphatic rings. The molecule has 0 saturated carbocycles. The molecule has 18 heavy (non-hydrogen) atoms. The molecular formula is C11H22N4O3. The van der Waals surface area contributed by atoms with Gasteiger partial charge in [0, 0.05) is 12.0 Å². The van der Waals surface area contributed by atoms with Crippen LogP contribution in [-0.4, -0.2) is 28.4 Å². The average molecular weight is 258 g/mol. The first-order valence-electron chi connectivity index (χ1n) is 5.81. The lowest BCUT2D eigenvalue weighted by Gasteiger charge is -2.27. The Hall–Kier alpha value is -1.79. The Labute approximate surface area is 107 Å². The van der Waals surface area contributed by atoms with Crippen LogP contribution >= 0.6 is 0 Å². The Kier molecular flexibility index (Phi) is 6.15. The normalized spacial score (nSPS) is 14.1. The summed E-state index contributed by atoms with van der Waals surface area (Å²) in [5.41, 5.74) is 9.81. The molecule has 0 rings (SSSR count). The summed E-state index contributed by atoms with van der Waals surface area (Å²) in [6, 6.07) is 0. The van der Waals surface area contributed by atoms with Crippen LogP contribution in [0, 0.1) is 5.92 Å². The van der Waals surface area contributed by atoms with E-state index in [2.05, 4.69) is 10.5 Å². The number of nitrogens with zero attached hydrogens (tertiary/aromatic N) is 1. The van der Waals surface area contributed by atoms with Crippen molar-refractivity contribution in [3.05, 3.63) is 0 Å². The largest absolute Gasteiger partial charge is 0.409 e. The van der Waals surface area contributed by atoms with Gasteiger partial charge in [-0.2, -0.15) is 0 Å². The van der Waals surface area contributed by atoms with Gasteiger partial charge in [-0.1, -0.05) is 18.5 Å². The molecule has 0 aliphatic heterocycles. The molecule has 1 unspecified atom stereocenters. The van der Waals surface area contributed by atoms with E-state index in [1.54, 1.807) is 13.8 Å². The maximum Gasteiger partial charge on any atom is 0.231 e. The minimum atomic E-state index is -0.759. The number of nitrogens with one attached hydrogen (secondary N) is 1. The Morgan fingerprint density at radius 1 is 1.39 bits per heavy atom. The molecular weight excluding hydrogens is 236 g/mol. The predicted octanol–water partition coefficient (Wildman–Crippen LogP) is -0.0807. The van der Waals surface area contributed by atoms with Crippen LogP contribution < -0.4 is 16.8 Å². The average Bonchev–Trinajstić information content (AvgIpc) is 2.21. The molecule has 2 amide bonds. The Bertz CT molecular complexity index is 339. The highest BCUT2D eigenvalue weighted by atomic mass is 16.4. The Morgan fingerprint density at radius 2 is 1.94 bits per heavy atom. The molecule has 0 heterocycles. The van der Waals surface area contributed by atoms with E-state index in [1.165, 1.54) is 0 Å². The third kappa shape index (κ3) is 5.51. The second kappa shape index (κ2) is 6.83.